The van der Waals surface area contributed by atoms with Crippen LogP contribution in [0.1, 0.15) is 5.56 Å². The monoisotopic (exact) mass is 313 g/mol. The number of carboxylic acids is 1. The van der Waals surface area contributed by atoms with Gasteiger partial charge in [-0.15, -0.1) is 0 Å². The van der Waals surface area contributed by atoms with Crippen LogP contribution in [-0.4, -0.2) is 34.7 Å². The van der Waals surface area contributed by atoms with E-state index in [2.05, 4.69) is 21.2 Å². The van der Waals surface area contributed by atoms with Gasteiger partial charge >= 0.3 is 5.97 Å². The van der Waals surface area contributed by atoms with Crippen LogP contribution in [0.5, 0.6) is 0 Å². The van der Waals surface area contributed by atoms with E-state index in [1.165, 1.54) is 6.08 Å². The second-order valence-electron chi connectivity index (χ2n) is 3.44. The standard InChI is InChI=1S/C12H12BrNO4/c13-9-4-2-1-3-8(9)5-6-11(16)14-10(7-15)12(17)18/h1-6,10,15H,7H2,(H,14,16)(H,17,18)/b6-5+/t10-/m0/s1. The molecule has 0 fully saturated rings. The average Bonchev–Trinajstić information content (AvgIpc) is 2.34. The number of nitrogens with one attached hydrogen (secondary N) is 1. The molecule has 1 aromatic rings. The van der Waals surface area contributed by atoms with E-state index < -0.39 is 24.5 Å². The number of carboxylic acid groups (broad SMARTS) is 1. The zero-order valence-electron chi connectivity index (χ0n) is 9.34. The van der Waals surface area contributed by atoms with Crippen LogP contribution in [0.4, 0.5) is 0 Å². The number of amides is 1. The van der Waals surface area contributed by atoms with Crippen molar-refractivity contribution in [2.75, 3.05) is 6.61 Å². The summed E-state index contributed by atoms with van der Waals surface area (Å²) in [6, 6.07) is 5.99. The Hall–Kier alpha value is -1.66. The number of aliphatic carboxylic acids is 1. The smallest absolute Gasteiger partial charge is 0.328 e. The van der Waals surface area contributed by atoms with E-state index >= 15 is 0 Å². The normalized spacial score (nSPS) is 12.3. The lowest BCUT2D eigenvalue weighted by Crippen LogP contribution is -2.42. The fourth-order valence-corrected chi connectivity index (χ4v) is 1.60. The van der Waals surface area contributed by atoms with Gasteiger partial charge < -0.3 is 15.5 Å². The van der Waals surface area contributed by atoms with Gasteiger partial charge in [0.25, 0.3) is 0 Å². The lowest BCUT2D eigenvalue weighted by molar-refractivity contribution is -0.142. The van der Waals surface area contributed by atoms with Crippen molar-refractivity contribution < 1.29 is 19.8 Å². The molecule has 0 heterocycles. The Morgan fingerprint density at radius 3 is 2.61 bits per heavy atom. The fraction of sp³-hybridized carbons (Fsp3) is 0.167. The molecule has 0 bridgehead atoms. The van der Waals surface area contributed by atoms with E-state index in [-0.39, 0.29) is 0 Å². The number of hydrogen-bond donors (Lipinski definition) is 3. The molecule has 0 aliphatic heterocycles. The third-order valence-electron chi connectivity index (χ3n) is 2.12. The van der Waals surface area contributed by atoms with Crippen LogP contribution in [0, 0.1) is 0 Å². The van der Waals surface area contributed by atoms with Gasteiger partial charge in [0.2, 0.25) is 5.91 Å². The minimum atomic E-state index is -1.29. The lowest BCUT2D eigenvalue weighted by Gasteiger charge is -2.09. The van der Waals surface area contributed by atoms with Gasteiger partial charge in [-0.25, -0.2) is 4.79 Å². The zero-order chi connectivity index (χ0) is 13.5. The van der Waals surface area contributed by atoms with Crippen LogP contribution in [0.25, 0.3) is 6.08 Å². The van der Waals surface area contributed by atoms with Gasteiger partial charge in [-0.1, -0.05) is 34.1 Å². The number of carbonyl (C=O) groups excluding carboxylic acids is 1. The van der Waals surface area contributed by atoms with Crippen LogP contribution in [-0.2, 0) is 9.59 Å². The molecule has 0 saturated heterocycles. The van der Waals surface area contributed by atoms with Crippen LogP contribution in [0.2, 0.25) is 0 Å². The molecule has 0 unspecified atom stereocenters. The van der Waals surface area contributed by atoms with Crippen molar-refractivity contribution in [2.24, 2.45) is 0 Å². The molecular formula is C12H12BrNO4. The lowest BCUT2D eigenvalue weighted by atomic mass is 10.2. The Morgan fingerprint density at radius 1 is 1.39 bits per heavy atom. The second-order valence-corrected chi connectivity index (χ2v) is 4.29. The molecular weight excluding hydrogens is 302 g/mol. The van der Waals surface area contributed by atoms with E-state index in [1.807, 2.05) is 18.2 Å². The highest BCUT2D eigenvalue weighted by atomic mass is 79.9. The summed E-state index contributed by atoms with van der Waals surface area (Å²) in [7, 11) is 0. The van der Waals surface area contributed by atoms with Crippen LogP contribution < -0.4 is 5.32 Å². The fourth-order valence-electron chi connectivity index (χ4n) is 1.18. The van der Waals surface area contributed by atoms with Crippen molar-refractivity contribution in [1.29, 1.82) is 0 Å². The first kappa shape index (κ1) is 14.4. The number of carbonyl (C=O) groups is 2. The number of halogens is 1. The topological polar surface area (TPSA) is 86.6 Å². The summed E-state index contributed by atoms with van der Waals surface area (Å²) in [6.07, 6.45) is 2.77. The minimum Gasteiger partial charge on any atom is -0.480 e. The largest absolute Gasteiger partial charge is 0.480 e. The Balaban J connectivity index is 2.65. The first-order chi connectivity index (χ1) is 8.54. The average molecular weight is 314 g/mol. The zero-order valence-corrected chi connectivity index (χ0v) is 10.9. The van der Waals surface area contributed by atoms with Crippen molar-refractivity contribution in [1.82, 2.24) is 5.32 Å². The Labute approximate surface area is 112 Å². The maximum Gasteiger partial charge on any atom is 0.328 e. The van der Waals surface area contributed by atoms with Gasteiger partial charge in [-0.2, -0.15) is 0 Å². The molecule has 0 aromatic heterocycles. The maximum absolute atomic E-state index is 11.4. The van der Waals surface area contributed by atoms with Crippen LogP contribution >= 0.6 is 15.9 Å². The van der Waals surface area contributed by atoms with Crippen molar-refractivity contribution in [3.63, 3.8) is 0 Å². The molecule has 5 nitrogen and oxygen atoms in total. The van der Waals surface area contributed by atoms with Gasteiger partial charge in [0, 0.05) is 10.5 Å². The third kappa shape index (κ3) is 4.31. The first-order valence-electron chi connectivity index (χ1n) is 5.11. The maximum atomic E-state index is 11.4. The van der Waals surface area contributed by atoms with Gasteiger partial charge in [-0.3, -0.25) is 4.79 Å². The summed E-state index contributed by atoms with van der Waals surface area (Å²) in [5.41, 5.74) is 0.795. The molecule has 1 rings (SSSR count). The quantitative estimate of drug-likeness (QED) is 0.708. The summed E-state index contributed by atoms with van der Waals surface area (Å²) in [5, 5.41) is 19.6. The summed E-state index contributed by atoms with van der Waals surface area (Å²) in [5.74, 6) is -1.85. The molecule has 0 spiro atoms. The Morgan fingerprint density at radius 2 is 2.06 bits per heavy atom. The highest BCUT2D eigenvalue weighted by Crippen LogP contribution is 2.16. The Bertz CT molecular complexity index is 473. The number of rotatable bonds is 5. The second kappa shape index (κ2) is 6.93. The number of aliphatic hydroxyl groups is 1. The van der Waals surface area contributed by atoms with Gasteiger partial charge in [0.1, 0.15) is 0 Å². The Kier molecular flexibility index (Phi) is 5.54. The highest BCUT2D eigenvalue weighted by Gasteiger charge is 2.16. The minimum absolute atomic E-state index is 0.577. The van der Waals surface area contributed by atoms with E-state index in [0.29, 0.717) is 0 Å². The third-order valence-corrected chi connectivity index (χ3v) is 2.84. The molecule has 0 aliphatic rings. The van der Waals surface area contributed by atoms with Crippen molar-refractivity contribution in [2.45, 2.75) is 6.04 Å². The summed E-state index contributed by atoms with van der Waals surface area (Å²) >= 11 is 3.32. The van der Waals surface area contributed by atoms with Gasteiger partial charge in [-0.05, 0) is 17.7 Å². The van der Waals surface area contributed by atoms with Gasteiger partial charge in [0.05, 0.1) is 6.61 Å². The molecule has 96 valence electrons. The van der Waals surface area contributed by atoms with E-state index in [0.717, 1.165) is 10.0 Å². The number of benzene rings is 1. The number of hydrogen-bond acceptors (Lipinski definition) is 3. The molecule has 18 heavy (non-hydrogen) atoms. The molecule has 1 aromatic carbocycles. The van der Waals surface area contributed by atoms with Crippen LogP contribution in [0.3, 0.4) is 0 Å². The van der Waals surface area contributed by atoms with E-state index in [4.69, 9.17) is 10.2 Å². The molecule has 1 amide bonds. The van der Waals surface area contributed by atoms with Gasteiger partial charge in [0.15, 0.2) is 6.04 Å². The predicted molar refractivity (Wildman–Crippen MR) is 69.8 cm³/mol. The first-order valence-corrected chi connectivity index (χ1v) is 5.90. The highest BCUT2D eigenvalue weighted by molar-refractivity contribution is 9.10. The molecule has 0 aliphatic carbocycles. The molecule has 0 radical (unpaired) electrons. The summed E-state index contributed by atoms with van der Waals surface area (Å²) in [4.78, 5) is 22.0. The van der Waals surface area contributed by atoms with Crippen molar-refractivity contribution in [3.05, 3.63) is 40.4 Å². The van der Waals surface area contributed by atoms with Crippen molar-refractivity contribution in [3.8, 4) is 0 Å². The van der Waals surface area contributed by atoms with Crippen LogP contribution in [0.15, 0.2) is 34.8 Å². The number of aliphatic hydroxyl groups excluding tert-OH is 1. The molecule has 1 atom stereocenters. The van der Waals surface area contributed by atoms with E-state index in [9.17, 15) is 9.59 Å². The SMILES string of the molecule is O=C(/C=C/c1ccccc1Br)N[C@@H](CO)C(=O)O. The molecule has 3 N–H and O–H groups in total. The predicted octanol–water partition coefficient (Wildman–Crippen LogP) is 1.02. The summed E-state index contributed by atoms with van der Waals surface area (Å²) in [6.45, 7) is -0.649. The summed E-state index contributed by atoms with van der Waals surface area (Å²) < 4.78 is 0.825. The molecule has 6 heteroatoms. The van der Waals surface area contributed by atoms with E-state index in [1.54, 1.807) is 12.1 Å². The molecule has 0 saturated carbocycles. The van der Waals surface area contributed by atoms with Crippen molar-refractivity contribution >= 4 is 33.9 Å².